The number of likely N-dealkylation sites (N-methyl/N-ethyl adjacent to an activating group) is 1. The second-order valence-corrected chi connectivity index (χ2v) is 7.76. The number of aryl methyl sites for hydroxylation is 1. The van der Waals surface area contributed by atoms with Crippen LogP contribution in [0.2, 0.25) is 0 Å². The fourth-order valence-electron chi connectivity index (χ4n) is 3.25. The van der Waals surface area contributed by atoms with Crippen molar-refractivity contribution in [1.82, 2.24) is 0 Å². The van der Waals surface area contributed by atoms with E-state index in [2.05, 4.69) is 0 Å². The monoisotopic (exact) mass is 380 g/mol. The summed E-state index contributed by atoms with van der Waals surface area (Å²) in [5.74, 6) is -0.377. The van der Waals surface area contributed by atoms with Crippen molar-refractivity contribution >= 4 is 57.1 Å². The number of thioether (sulfide) groups is 1. The minimum atomic E-state index is -0.236. The molecule has 2 amide bonds. The Labute approximate surface area is 161 Å². The molecule has 1 saturated heterocycles. The molecule has 2 aliphatic heterocycles. The van der Waals surface area contributed by atoms with Gasteiger partial charge in [-0.15, -0.1) is 0 Å². The molecule has 2 aromatic rings. The third-order valence-corrected chi connectivity index (χ3v) is 5.90. The Morgan fingerprint density at radius 3 is 2.38 bits per heavy atom. The minimum absolute atomic E-state index is 0.141. The van der Waals surface area contributed by atoms with Gasteiger partial charge in [0.2, 0.25) is 0 Å². The average molecular weight is 380 g/mol. The normalized spacial score (nSPS) is 19.5. The summed E-state index contributed by atoms with van der Waals surface area (Å²) in [5.41, 5.74) is 3.92. The molecule has 0 aliphatic carbocycles. The fraction of sp³-hybridized carbons (Fsp3) is 0.150. The highest BCUT2D eigenvalue weighted by molar-refractivity contribution is 8.27. The number of rotatable bonds is 2. The number of fused-ring (bicyclic) bond motifs is 1. The van der Waals surface area contributed by atoms with Crippen molar-refractivity contribution in [2.45, 2.75) is 13.8 Å². The van der Waals surface area contributed by atoms with Gasteiger partial charge < -0.3 is 4.90 Å². The van der Waals surface area contributed by atoms with E-state index in [-0.39, 0.29) is 11.8 Å². The molecule has 130 valence electrons. The van der Waals surface area contributed by atoms with Gasteiger partial charge in [0, 0.05) is 12.1 Å². The summed E-state index contributed by atoms with van der Waals surface area (Å²) in [6.07, 6.45) is 0. The first-order valence-electron chi connectivity index (χ1n) is 8.31. The van der Waals surface area contributed by atoms with Gasteiger partial charge in [-0.05, 0) is 32.0 Å². The van der Waals surface area contributed by atoms with Crippen LogP contribution in [0.1, 0.15) is 18.1 Å². The van der Waals surface area contributed by atoms with Gasteiger partial charge in [0.25, 0.3) is 11.8 Å². The van der Waals surface area contributed by atoms with E-state index in [1.165, 1.54) is 16.7 Å². The molecular weight excluding hydrogens is 364 g/mol. The first-order valence-corrected chi connectivity index (χ1v) is 9.54. The maximum Gasteiger partial charge on any atom is 0.271 e. The molecule has 2 aliphatic rings. The van der Waals surface area contributed by atoms with E-state index in [0.717, 1.165) is 22.5 Å². The van der Waals surface area contributed by atoms with Crippen molar-refractivity contribution in [1.29, 1.82) is 0 Å². The van der Waals surface area contributed by atoms with Gasteiger partial charge in [-0.2, -0.15) is 0 Å². The van der Waals surface area contributed by atoms with Crippen LogP contribution in [0.4, 0.5) is 11.4 Å². The third kappa shape index (κ3) is 2.48. The number of amides is 2. The van der Waals surface area contributed by atoms with E-state index in [0.29, 0.717) is 21.3 Å². The van der Waals surface area contributed by atoms with E-state index in [9.17, 15) is 9.59 Å². The molecule has 0 bridgehead atoms. The smallest absolute Gasteiger partial charge is 0.271 e. The first kappa shape index (κ1) is 17.0. The number of benzene rings is 2. The summed E-state index contributed by atoms with van der Waals surface area (Å²) in [4.78, 5) is 29.7. The molecule has 2 heterocycles. The lowest BCUT2D eigenvalue weighted by Gasteiger charge is -2.15. The van der Waals surface area contributed by atoms with Crippen LogP contribution in [0.3, 0.4) is 0 Å². The van der Waals surface area contributed by atoms with Crippen LogP contribution in [0.15, 0.2) is 53.4 Å². The summed E-state index contributed by atoms with van der Waals surface area (Å²) < 4.78 is 0.446. The standard InChI is InChI=1S/C20H16N2O2S2/c1-3-21-15-7-5-4-6-14(15)16(18(21)23)17-19(24)22(20(25)26-17)13-10-8-12(2)9-11-13/h4-11H,3H2,1-2H3/b17-16-. The summed E-state index contributed by atoms with van der Waals surface area (Å²) in [7, 11) is 0. The molecule has 0 spiro atoms. The Bertz CT molecular complexity index is 980. The molecule has 0 radical (unpaired) electrons. The van der Waals surface area contributed by atoms with Crippen molar-refractivity contribution in [3.63, 3.8) is 0 Å². The van der Waals surface area contributed by atoms with Gasteiger partial charge >= 0.3 is 0 Å². The Kier molecular flexibility index (Phi) is 4.17. The van der Waals surface area contributed by atoms with Crippen LogP contribution in [0.25, 0.3) is 5.57 Å². The number of anilines is 2. The lowest BCUT2D eigenvalue weighted by atomic mass is 10.1. The van der Waals surface area contributed by atoms with Crippen molar-refractivity contribution < 1.29 is 9.59 Å². The summed E-state index contributed by atoms with van der Waals surface area (Å²) in [6, 6.07) is 15.2. The van der Waals surface area contributed by atoms with Crippen molar-refractivity contribution in [3.8, 4) is 0 Å². The fourth-order valence-corrected chi connectivity index (χ4v) is 4.62. The van der Waals surface area contributed by atoms with Crippen LogP contribution < -0.4 is 9.80 Å². The number of thiocarbonyl (C=S) groups is 1. The zero-order valence-corrected chi connectivity index (χ0v) is 16.0. The summed E-state index contributed by atoms with van der Waals surface area (Å²) >= 11 is 6.65. The molecule has 26 heavy (non-hydrogen) atoms. The Hall–Kier alpha value is -2.44. The van der Waals surface area contributed by atoms with Gasteiger partial charge in [0.15, 0.2) is 4.32 Å². The number of carbonyl (C=O) groups is 2. The quantitative estimate of drug-likeness (QED) is 0.580. The maximum absolute atomic E-state index is 13.1. The lowest BCUT2D eigenvalue weighted by Crippen LogP contribution is -2.29. The highest BCUT2D eigenvalue weighted by Crippen LogP contribution is 2.45. The average Bonchev–Trinajstić information content (AvgIpc) is 3.08. The van der Waals surface area contributed by atoms with Gasteiger partial charge in [-0.25, -0.2) is 0 Å². The van der Waals surface area contributed by atoms with Gasteiger partial charge in [-0.1, -0.05) is 59.9 Å². The van der Waals surface area contributed by atoms with Crippen molar-refractivity contribution in [2.24, 2.45) is 0 Å². The van der Waals surface area contributed by atoms with Crippen molar-refractivity contribution in [2.75, 3.05) is 16.3 Å². The van der Waals surface area contributed by atoms with E-state index >= 15 is 0 Å². The van der Waals surface area contributed by atoms with Gasteiger partial charge in [-0.3, -0.25) is 14.5 Å². The molecule has 2 aromatic carbocycles. The number of hydrogen-bond acceptors (Lipinski definition) is 4. The van der Waals surface area contributed by atoms with Crippen LogP contribution in [-0.4, -0.2) is 22.7 Å². The van der Waals surface area contributed by atoms with Crippen LogP contribution in [0.5, 0.6) is 0 Å². The number of para-hydroxylation sites is 1. The first-order chi connectivity index (χ1) is 12.5. The van der Waals surface area contributed by atoms with Gasteiger partial charge in [0.1, 0.15) is 0 Å². The largest absolute Gasteiger partial charge is 0.308 e. The molecule has 1 fully saturated rings. The molecule has 0 unspecified atom stereocenters. The molecular formula is C20H16N2O2S2. The Morgan fingerprint density at radius 2 is 1.69 bits per heavy atom. The zero-order valence-electron chi connectivity index (χ0n) is 14.4. The molecule has 0 atom stereocenters. The zero-order chi connectivity index (χ0) is 18.4. The second-order valence-electron chi connectivity index (χ2n) is 6.11. The van der Waals surface area contributed by atoms with E-state index in [1.54, 1.807) is 4.90 Å². The van der Waals surface area contributed by atoms with E-state index in [1.807, 2.05) is 62.4 Å². The van der Waals surface area contributed by atoms with Gasteiger partial charge in [0.05, 0.1) is 21.9 Å². The SMILES string of the molecule is CCN1C(=O)/C(=C2\SC(=S)N(c3ccc(C)cc3)C2=O)c2ccccc21. The third-order valence-electron chi connectivity index (χ3n) is 4.53. The molecule has 4 nitrogen and oxygen atoms in total. The number of nitrogens with zero attached hydrogens (tertiary/aromatic N) is 2. The topological polar surface area (TPSA) is 40.6 Å². The maximum atomic E-state index is 13.1. The Balaban J connectivity index is 1.83. The van der Waals surface area contributed by atoms with E-state index < -0.39 is 0 Å². The number of carbonyl (C=O) groups excluding carboxylic acids is 2. The highest BCUT2D eigenvalue weighted by Gasteiger charge is 2.42. The predicted molar refractivity (Wildman–Crippen MR) is 110 cm³/mol. The highest BCUT2D eigenvalue weighted by atomic mass is 32.2. The Morgan fingerprint density at radius 1 is 1.00 bits per heavy atom. The van der Waals surface area contributed by atoms with Crippen LogP contribution >= 0.6 is 24.0 Å². The summed E-state index contributed by atoms with van der Waals surface area (Å²) in [5, 5.41) is 0. The molecule has 6 heteroatoms. The molecule has 0 N–H and O–H groups in total. The van der Waals surface area contributed by atoms with Crippen LogP contribution in [-0.2, 0) is 9.59 Å². The van der Waals surface area contributed by atoms with Crippen molar-refractivity contribution in [3.05, 3.63) is 64.6 Å². The predicted octanol–water partition coefficient (Wildman–Crippen LogP) is 4.14. The molecule has 4 rings (SSSR count). The second kappa shape index (κ2) is 6.37. The van der Waals surface area contributed by atoms with E-state index in [4.69, 9.17) is 12.2 Å². The molecule has 0 saturated carbocycles. The van der Waals surface area contributed by atoms with Crippen LogP contribution in [0, 0.1) is 6.92 Å². The summed E-state index contributed by atoms with van der Waals surface area (Å²) in [6.45, 7) is 4.47. The lowest BCUT2D eigenvalue weighted by molar-refractivity contribution is -0.115. The molecule has 0 aromatic heterocycles. The number of hydrogen-bond donors (Lipinski definition) is 0. The minimum Gasteiger partial charge on any atom is -0.308 e.